The number of benzene rings is 2. The van der Waals surface area contributed by atoms with Crippen LogP contribution in [0.15, 0.2) is 58.3 Å². The Hall–Kier alpha value is -1.32. The summed E-state index contributed by atoms with van der Waals surface area (Å²) < 4.78 is 14.1. The highest BCUT2D eigenvalue weighted by atomic mass is 32.2. The zero-order chi connectivity index (χ0) is 14.4. The fourth-order valence-corrected chi connectivity index (χ4v) is 2.87. The largest absolute Gasteiger partial charge is 0.312 e. The molecule has 0 aliphatic heterocycles. The molecule has 0 amide bonds. The molecule has 0 unspecified atom stereocenters. The first-order chi connectivity index (χ1) is 9.66. The van der Waals surface area contributed by atoms with Crippen LogP contribution in [0, 0.1) is 11.7 Å². The molecule has 0 aromatic heterocycles. The van der Waals surface area contributed by atoms with Crippen LogP contribution >= 0.6 is 11.8 Å². The fourth-order valence-electron chi connectivity index (χ4n) is 1.91. The molecule has 106 valence electrons. The predicted molar refractivity (Wildman–Crippen MR) is 83.5 cm³/mol. The smallest absolute Gasteiger partial charge is 0.137 e. The lowest BCUT2D eigenvalue weighted by Crippen LogP contribution is -2.19. The van der Waals surface area contributed by atoms with Gasteiger partial charge in [0, 0.05) is 11.4 Å². The third-order valence-corrected chi connectivity index (χ3v) is 4.05. The van der Waals surface area contributed by atoms with Gasteiger partial charge in [-0.05, 0) is 36.2 Å². The van der Waals surface area contributed by atoms with Crippen molar-refractivity contribution in [2.45, 2.75) is 30.2 Å². The first kappa shape index (κ1) is 15.1. The average molecular weight is 289 g/mol. The topological polar surface area (TPSA) is 12.0 Å². The van der Waals surface area contributed by atoms with Crippen LogP contribution in [0.2, 0.25) is 0 Å². The van der Waals surface area contributed by atoms with Crippen molar-refractivity contribution < 1.29 is 4.39 Å². The zero-order valence-electron chi connectivity index (χ0n) is 11.9. The van der Waals surface area contributed by atoms with Crippen molar-refractivity contribution in [3.8, 4) is 0 Å². The van der Waals surface area contributed by atoms with E-state index in [9.17, 15) is 4.39 Å². The summed E-state index contributed by atoms with van der Waals surface area (Å²) in [6, 6.07) is 15.2. The summed E-state index contributed by atoms with van der Waals surface area (Å²) in [5, 5.41) is 3.37. The summed E-state index contributed by atoms with van der Waals surface area (Å²) in [5.41, 5.74) is 1.01. The van der Waals surface area contributed by atoms with E-state index in [-0.39, 0.29) is 5.82 Å². The van der Waals surface area contributed by atoms with E-state index in [4.69, 9.17) is 0 Å². The van der Waals surface area contributed by atoms with Crippen LogP contribution < -0.4 is 5.32 Å². The standard InChI is InChI=1S/C17H20FNS/c1-13(2)11-19-12-14-7-6-10-16(18)17(14)20-15-8-4-3-5-9-15/h3-10,13,19H,11-12H2,1-2H3. The molecule has 2 aromatic rings. The number of halogens is 1. The molecule has 0 bridgehead atoms. The maximum Gasteiger partial charge on any atom is 0.137 e. The zero-order valence-corrected chi connectivity index (χ0v) is 12.7. The molecule has 0 radical (unpaired) electrons. The van der Waals surface area contributed by atoms with Crippen molar-refractivity contribution in [2.75, 3.05) is 6.54 Å². The summed E-state index contributed by atoms with van der Waals surface area (Å²) >= 11 is 1.48. The molecule has 0 saturated heterocycles. The molecule has 0 heterocycles. The molecule has 1 N–H and O–H groups in total. The van der Waals surface area contributed by atoms with Gasteiger partial charge in [0.05, 0.1) is 4.90 Å². The highest BCUT2D eigenvalue weighted by Crippen LogP contribution is 2.32. The van der Waals surface area contributed by atoms with Crippen LogP contribution in [-0.2, 0) is 6.54 Å². The first-order valence-electron chi connectivity index (χ1n) is 6.88. The Bertz CT molecular complexity index is 540. The van der Waals surface area contributed by atoms with Gasteiger partial charge in [0.15, 0.2) is 0 Å². The molecule has 0 saturated carbocycles. The third-order valence-electron chi connectivity index (χ3n) is 2.88. The van der Waals surface area contributed by atoms with E-state index in [1.165, 1.54) is 17.8 Å². The highest BCUT2D eigenvalue weighted by Gasteiger charge is 2.10. The van der Waals surface area contributed by atoms with Crippen LogP contribution in [0.1, 0.15) is 19.4 Å². The Kier molecular flexibility index (Phi) is 5.62. The van der Waals surface area contributed by atoms with E-state index in [1.54, 1.807) is 6.07 Å². The molecule has 0 fully saturated rings. The van der Waals surface area contributed by atoms with Crippen molar-refractivity contribution in [2.24, 2.45) is 5.92 Å². The third kappa shape index (κ3) is 4.36. The Morgan fingerprint density at radius 1 is 1.05 bits per heavy atom. The lowest BCUT2D eigenvalue weighted by molar-refractivity contribution is 0.543. The molecule has 0 spiro atoms. The van der Waals surface area contributed by atoms with Crippen LogP contribution in [0.25, 0.3) is 0 Å². The van der Waals surface area contributed by atoms with Crippen LogP contribution in [0.5, 0.6) is 0 Å². The average Bonchev–Trinajstić information content (AvgIpc) is 2.43. The number of rotatable bonds is 6. The van der Waals surface area contributed by atoms with Gasteiger partial charge >= 0.3 is 0 Å². The van der Waals surface area contributed by atoms with E-state index in [2.05, 4.69) is 19.2 Å². The minimum atomic E-state index is -0.150. The highest BCUT2D eigenvalue weighted by molar-refractivity contribution is 7.99. The van der Waals surface area contributed by atoms with Crippen LogP contribution in [0.3, 0.4) is 0 Å². The van der Waals surface area contributed by atoms with E-state index in [0.717, 1.165) is 21.9 Å². The predicted octanol–water partition coefficient (Wildman–Crippen LogP) is 4.72. The second-order valence-electron chi connectivity index (χ2n) is 5.17. The number of nitrogens with one attached hydrogen (secondary N) is 1. The SMILES string of the molecule is CC(C)CNCc1cccc(F)c1Sc1ccccc1. The maximum absolute atomic E-state index is 14.1. The van der Waals surface area contributed by atoms with E-state index < -0.39 is 0 Å². The Balaban J connectivity index is 2.14. The van der Waals surface area contributed by atoms with Gasteiger partial charge in [0.25, 0.3) is 0 Å². The molecule has 3 heteroatoms. The molecule has 0 aliphatic carbocycles. The van der Waals surface area contributed by atoms with Crippen molar-refractivity contribution in [3.05, 3.63) is 59.9 Å². The minimum absolute atomic E-state index is 0.150. The number of hydrogen-bond donors (Lipinski definition) is 1. The van der Waals surface area contributed by atoms with Gasteiger partial charge < -0.3 is 5.32 Å². The van der Waals surface area contributed by atoms with Crippen molar-refractivity contribution in [3.63, 3.8) is 0 Å². The Morgan fingerprint density at radius 3 is 2.50 bits per heavy atom. The second kappa shape index (κ2) is 7.46. The van der Waals surface area contributed by atoms with Gasteiger partial charge in [0.2, 0.25) is 0 Å². The monoisotopic (exact) mass is 289 g/mol. The first-order valence-corrected chi connectivity index (χ1v) is 7.69. The molecule has 0 aliphatic rings. The molecule has 2 aromatic carbocycles. The van der Waals surface area contributed by atoms with E-state index in [0.29, 0.717) is 12.5 Å². The van der Waals surface area contributed by atoms with Crippen molar-refractivity contribution in [1.82, 2.24) is 5.32 Å². The van der Waals surface area contributed by atoms with Gasteiger partial charge in [-0.3, -0.25) is 0 Å². The van der Waals surface area contributed by atoms with E-state index >= 15 is 0 Å². The summed E-state index contributed by atoms with van der Waals surface area (Å²) in [5.74, 6) is 0.441. The van der Waals surface area contributed by atoms with Crippen LogP contribution in [0.4, 0.5) is 4.39 Å². The van der Waals surface area contributed by atoms with Gasteiger partial charge in [0.1, 0.15) is 5.82 Å². The summed E-state index contributed by atoms with van der Waals surface area (Å²) in [6.45, 7) is 5.97. The normalized spacial score (nSPS) is 11.0. The lowest BCUT2D eigenvalue weighted by Gasteiger charge is -2.12. The van der Waals surface area contributed by atoms with Crippen LogP contribution in [-0.4, -0.2) is 6.54 Å². The van der Waals surface area contributed by atoms with Crippen molar-refractivity contribution in [1.29, 1.82) is 0 Å². The maximum atomic E-state index is 14.1. The summed E-state index contributed by atoms with van der Waals surface area (Å²) in [7, 11) is 0. The Morgan fingerprint density at radius 2 is 1.80 bits per heavy atom. The Labute approximate surface area is 124 Å². The van der Waals surface area contributed by atoms with Gasteiger partial charge in [-0.25, -0.2) is 4.39 Å². The van der Waals surface area contributed by atoms with Crippen molar-refractivity contribution >= 4 is 11.8 Å². The fraction of sp³-hybridized carbons (Fsp3) is 0.294. The molecular weight excluding hydrogens is 269 g/mol. The molecular formula is C17H20FNS. The summed E-state index contributed by atoms with van der Waals surface area (Å²) in [6.07, 6.45) is 0. The number of hydrogen-bond acceptors (Lipinski definition) is 2. The molecule has 1 nitrogen and oxygen atoms in total. The second-order valence-corrected chi connectivity index (χ2v) is 6.25. The van der Waals surface area contributed by atoms with Gasteiger partial charge in [-0.2, -0.15) is 0 Å². The quantitative estimate of drug-likeness (QED) is 0.825. The van der Waals surface area contributed by atoms with Gasteiger partial charge in [-0.1, -0.05) is 55.9 Å². The van der Waals surface area contributed by atoms with E-state index in [1.807, 2.05) is 36.4 Å². The minimum Gasteiger partial charge on any atom is -0.312 e. The molecule has 0 atom stereocenters. The van der Waals surface area contributed by atoms with Gasteiger partial charge in [-0.15, -0.1) is 0 Å². The molecule has 2 rings (SSSR count). The molecule has 20 heavy (non-hydrogen) atoms. The lowest BCUT2D eigenvalue weighted by atomic mass is 10.2. The summed E-state index contributed by atoms with van der Waals surface area (Å²) in [4.78, 5) is 1.78.